The van der Waals surface area contributed by atoms with E-state index in [1.807, 2.05) is 12.1 Å². The van der Waals surface area contributed by atoms with Crippen molar-refractivity contribution in [3.8, 4) is 5.88 Å². The predicted octanol–water partition coefficient (Wildman–Crippen LogP) is 3.46. The summed E-state index contributed by atoms with van der Waals surface area (Å²) in [6, 6.07) is 7.30. The quantitative estimate of drug-likeness (QED) is 0.859. The lowest BCUT2D eigenvalue weighted by Crippen LogP contribution is -2.07. The second kappa shape index (κ2) is 6.05. The zero-order chi connectivity index (χ0) is 15.5. The van der Waals surface area contributed by atoms with Gasteiger partial charge in [-0.15, -0.1) is 0 Å². The van der Waals surface area contributed by atoms with E-state index in [1.54, 1.807) is 31.5 Å². The van der Waals surface area contributed by atoms with Crippen LogP contribution in [0.3, 0.4) is 0 Å². The minimum Gasteiger partial charge on any atom is -0.481 e. The molecule has 1 fully saturated rings. The van der Waals surface area contributed by atoms with E-state index < -0.39 is 0 Å². The third-order valence-electron chi connectivity index (χ3n) is 3.73. The molecule has 0 spiro atoms. The van der Waals surface area contributed by atoms with Crippen LogP contribution in [-0.4, -0.2) is 18.0 Å². The van der Waals surface area contributed by atoms with E-state index in [-0.39, 0.29) is 5.91 Å². The predicted molar refractivity (Wildman–Crippen MR) is 83.7 cm³/mol. The summed E-state index contributed by atoms with van der Waals surface area (Å²) in [7, 11) is 1.54. The summed E-state index contributed by atoms with van der Waals surface area (Å²) in [6.45, 7) is 2.21. The van der Waals surface area contributed by atoms with Crippen molar-refractivity contribution in [2.24, 2.45) is 5.92 Å². The number of anilines is 1. The monoisotopic (exact) mass is 298 g/mol. The van der Waals surface area contributed by atoms with E-state index in [9.17, 15) is 4.79 Å². The van der Waals surface area contributed by atoms with E-state index in [0.29, 0.717) is 29.2 Å². The van der Waals surface area contributed by atoms with Gasteiger partial charge in [0.1, 0.15) is 11.5 Å². The number of amides is 1. The van der Waals surface area contributed by atoms with Crippen molar-refractivity contribution in [3.63, 3.8) is 0 Å². The second-order valence-electron chi connectivity index (χ2n) is 5.47. The molecule has 1 N–H and O–H groups in total. The number of hydrogen-bond acceptors (Lipinski definition) is 4. The molecule has 2 aromatic heterocycles. The Bertz CT molecular complexity index is 688. The Labute approximate surface area is 129 Å². The second-order valence-corrected chi connectivity index (χ2v) is 5.47. The zero-order valence-electron chi connectivity index (χ0n) is 12.6. The maximum absolute atomic E-state index is 11.8. The largest absolute Gasteiger partial charge is 0.481 e. The molecule has 0 aromatic carbocycles. The Morgan fingerprint density at radius 3 is 2.86 bits per heavy atom. The number of methoxy groups -OCH3 is 1. The molecule has 0 bridgehead atoms. The number of carbonyl (C=O) groups is 1. The van der Waals surface area contributed by atoms with Crippen molar-refractivity contribution >= 4 is 17.7 Å². The molecule has 114 valence electrons. The molecule has 1 aliphatic rings. The van der Waals surface area contributed by atoms with E-state index >= 15 is 0 Å². The molecule has 2 aromatic rings. The first-order valence-electron chi connectivity index (χ1n) is 7.24. The van der Waals surface area contributed by atoms with E-state index in [4.69, 9.17) is 9.15 Å². The molecule has 2 heterocycles. The van der Waals surface area contributed by atoms with Crippen molar-refractivity contribution in [1.82, 2.24) is 4.98 Å². The summed E-state index contributed by atoms with van der Waals surface area (Å²) in [5, 5.41) is 2.73. The average Bonchev–Trinajstić information content (AvgIpc) is 3.08. The van der Waals surface area contributed by atoms with E-state index in [2.05, 4.69) is 17.2 Å². The summed E-state index contributed by atoms with van der Waals surface area (Å²) < 4.78 is 10.7. The van der Waals surface area contributed by atoms with Crippen LogP contribution in [0.25, 0.3) is 6.08 Å². The maximum atomic E-state index is 11.8. The van der Waals surface area contributed by atoms with Crippen LogP contribution >= 0.6 is 0 Å². The summed E-state index contributed by atoms with van der Waals surface area (Å²) in [5.74, 6) is 3.22. The lowest BCUT2D eigenvalue weighted by atomic mass is 10.3. The third kappa shape index (κ3) is 3.36. The van der Waals surface area contributed by atoms with Gasteiger partial charge in [0.2, 0.25) is 11.8 Å². The van der Waals surface area contributed by atoms with Crippen LogP contribution in [0.1, 0.15) is 30.8 Å². The molecule has 1 amide bonds. The van der Waals surface area contributed by atoms with Crippen LogP contribution < -0.4 is 10.1 Å². The van der Waals surface area contributed by atoms with Crippen molar-refractivity contribution in [2.75, 3.05) is 12.4 Å². The van der Waals surface area contributed by atoms with Gasteiger partial charge >= 0.3 is 0 Å². The van der Waals surface area contributed by atoms with E-state index in [0.717, 1.165) is 5.76 Å². The fourth-order valence-corrected chi connectivity index (χ4v) is 2.29. The summed E-state index contributed by atoms with van der Waals surface area (Å²) >= 11 is 0. The number of carbonyl (C=O) groups excluding carboxylic acids is 1. The molecule has 1 saturated carbocycles. The minimum atomic E-state index is -0.232. The molecule has 0 radical (unpaired) electrons. The number of pyridine rings is 1. The fourth-order valence-electron chi connectivity index (χ4n) is 2.29. The smallest absolute Gasteiger partial charge is 0.248 e. The first kappa shape index (κ1) is 14.4. The highest BCUT2D eigenvalue weighted by atomic mass is 16.5. The number of furan rings is 1. The Morgan fingerprint density at radius 2 is 2.23 bits per heavy atom. The molecule has 2 atom stereocenters. The molecule has 5 heteroatoms. The Kier molecular flexibility index (Phi) is 3.96. The number of rotatable bonds is 5. The Hall–Kier alpha value is -2.56. The minimum absolute atomic E-state index is 0.232. The molecule has 0 saturated heterocycles. The summed E-state index contributed by atoms with van der Waals surface area (Å²) in [5.41, 5.74) is 0.613. The van der Waals surface area contributed by atoms with Gasteiger partial charge < -0.3 is 14.5 Å². The van der Waals surface area contributed by atoms with Gasteiger partial charge in [-0.25, -0.2) is 4.98 Å². The van der Waals surface area contributed by atoms with Gasteiger partial charge in [-0.05, 0) is 36.6 Å². The van der Waals surface area contributed by atoms with Crippen molar-refractivity contribution in [3.05, 3.63) is 48.1 Å². The number of hydrogen-bond donors (Lipinski definition) is 1. The number of nitrogens with zero attached hydrogens (tertiary/aromatic N) is 1. The lowest BCUT2D eigenvalue weighted by molar-refractivity contribution is -0.111. The first-order valence-corrected chi connectivity index (χ1v) is 7.24. The lowest BCUT2D eigenvalue weighted by Gasteiger charge is -2.02. The fraction of sp³-hybridized carbons (Fsp3) is 0.294. The molecule has 0 aliphatic heterocycles. The van der Waals surface area contributed by atoms with Gasteiger partial charge in [0.25, 0.3) is 0 Å². The van der Waals surface area contributed by atoms with Crippen molar-refractivity contribution < 1.29 is 13.9 Å². The summed E-state index contributed by atoms with van der Waals surface area (Å²) in [4.78, 5) is 15.9. The van der Waals surface area contributed by atoms with Crippen LogP contribution in [0, 0.1) is 5.92 Å². The van der Waals surface area contributed by atoms with Crippen molar-refractivity contribution in [1.29, 1.82) is 0 Å². The van der Waals surface area contributed by atoms with Crippen LogP contribution in [0.4, 0.5) is 5.69 Å². The van der Waals surface area contributed by atoms with Gasteiger partial charge in [0, 0.05) is 18.1 Å². The SMILES string of the molecule is COc1ccc(NC(=O)/C=C/c2ccc([C@H]3C[C@@H]3C)o2)cn1. The molecule has 1 aliphatic carbocycles. The number of nitrogens with one attached hydrogen (secondary N) is 1. The van der Waals surface area contributed by atoms with Crippen molar-refractivity contribution in [2.45, 2.75) is 19.3 Å². The number of aromatic nitrogens is 1. The maximum Gasteiger partial charge on any atom is 0.248 e. The van der Waals surface area contributed by atoms with Gasteiger partial charge in [0.05, 0.1) is 19.0 Å². The van der Waals surface area contributed by atoms with Crippen LogP contribution in [0.15, 0.2) is 41.0 Å². The van der Waals surface area contributed by atoms with Gasteiger partial charge in [-0.1, -0.05) is 6.92 Å². The first-order chi connectivity index (χ1) is 10.7. The highest BCUT2D eigenvalue weighted by Crippen LogP contribution is 2.47. The summed E-state index contributed by atoms with van der Waals surface area (Å²) in [6.07, 6.45) is 5.84. The third-order valence-corrected chi connectivity index (χ3v) is 3.73. The Morgan fingerprint density at radius 1 is 1.41 bits per heavy atom. The molecule has 5 nitrogen and oxygen atoms in total. The average molecular weight is 298 g/mol. The van der Waals surface area contributed by atoms with Gasteiger partial charge in [-0.2, -0.15) is 0 Å². The molecule has 22 heavy (non-hydrogen) atoms. The highest BCUT2D eigenvalue weighted by Gasteiger charge is 2.36. The molecular weight excluding hydrogens is 280 g/mol. The van der Waals surface area contributed by atoms with Gasteiger partial charge in [-0.3, -0.25) is 4.79 Å². The number of ether oxygens (including phenoxy) is 1. The zero-order valence-corrected chi connectivity index (χ0v) is 12.6. The molecule has 0 unspecified atom stereocenters. The molecule has 3 rings (SSSR count). The van der Waals surface area contributed by atoms with Crippen LogP contribution in [-0.2, 0) is 4.79 Å². The van der Waals surface area contributed by atoms with Crippen LogP contribution in [0.2, 0.25) is 0 Å². The highest BCUT2D eigenvalue weighted by molar-refractivity contribution is 6.01. The normalized spacial score (nSPS) is 20.1. The van der Waals surface area contributed by atoms with Gasteiger partial charge in [0.15, 0.2) is 0 Å². The van der Waals surface area contributed by atoms with E-state index in [1.165, 1.54) is 12.5 Å². The topological polar surface area (TPSA) is 64.4 Å². The standard InChI is InChI=1S/C17H18N2O3/c1-11-9-14(11)15-6-4-13(22-15)5-7-16(20)19-12-3-8-17(21-2)18-10-12/h3-8,10-11,14H,9H2,1-2H3,(H,19,20)/b7-5+/t11-,14-/m0/s1. The van der Waals surface area contributed by atoms with Crippen LogP contribution in [0.5, 0.6) is 5.88 Å². The Balaban J connectivity index is 1.57. The molecular formula is C17H18N2O3.